The van der Waals surface area contributed by atoms with Crippen molar-refractivity contribution in [1.29, 1.82) is 0 Å². The van der Waals surface area contributed by atoms with Crippen LogP contribution in [0.5, 0.6) is 11.6 Å². The van der Waals surface area contributed by atoms with Gasteiger partial charge < -0.3 is 23.7 Å². The molecule has 1 amide bonds. The number of benzene rings is 1. The van der Waals surface area contributed by atoms with E-state index in [2.05, 4.69) is 16.0 Å². The Bertz CT molecular complexity index is 1200. The minimum atomic E-state index is -0.451. The number of aromatic nitrogens is 2. The highest BCUT2D eigenvalue weighted by Gasteiger charge is 2.36. The van der Waals surface area contributed by atoms with Crippen LogP contribution in [-0.2, 0) is 14.2 Å². The van der Waals surface area contributed by atoms with Crippen molar-refractivity contribution in [3.63, 3.8) is 0 Å². The molecule has 2 aliphatic heterocycles. The van der Waals surface area contributed by atoms with Crippen LogP contribution in [0.25, 0.3) is 10.9 Å². The Hall–Kier alpha value is -4.01. The average Bonchev–Trinajstić information content (AvgIpc) is 3.27. The van der Waals surface area contributed by atoms with Crippen LogP contribution < -0.4 is 9.47 Å². The normalized spacial score (nSPS) is 19.6. The number of amides is 1. The maximum Gasteiger partial charge on any atom is 0.417 e. The van der Waals surface area contributed by atoms with Gasteiger partial charge in [0.2, 0.25) is 11.8 Å². The summed E-state index contributed by atoms with van der Waals surface area (Å²) >= 11 is 0. The molecule has 1 fully saturated rings. The molecule has 9 heteroatoms. The number of carbonyl (C=O) groups excluding carboxylic acids is 1. The molecule has 0 unspecified atom stereocenters. The molecule has 2 aromatic rings. The van der Waals surface area contributed by atoms with E-state index in [1.807, 2.05) is 30.4 Å². The number of carbonyl (C=O) groups is 1. The number of nitrogens with zero attached hydrogens (tertiary/aromatic N) is 3. The van der Waals surface area contributed by atoms with Crippen LogP contribution in [0.1, 0.15) is 25.7 Å². The first-order valence-electron chi connectivity index (χ1n) is 11.2. The lowest BCUT2D eigenvalue weighted by Gasteiger charge is -2.23. The average molecular weight is 463 g/mol. The van der Waals surface area contributed by atoms with Crippen LogP contribution in [-0.4, -0.2) is 47.3 Å². The Labute approximate surface area is 196 Å². The van der Waals surface area contributed by atoms with Crippen LogP contribution in [0.4, 0.5) is 4.79 Å². The second kappa shape index (κ2) is 9.86. The molecule has 1 aromatic carbocycles. The van der Waals surface area contributed by atoms with Crippen molar-refractivity contribution < 1.29 is 28.5 Å². The Morgan fingerprint density at radius 3 is 3.03 bits per heavy atom. The summed E-state index contributed by atoms with van der Waals surface area (Å²) in [6.45, 7) is 0.808. The van der Waals surface area contributed by atoms with Crippen LogP contribution >= 0.6 is 0 Å². The van der Waals surface area contributed by atoms with Crippen LogP contribution in [0.2, 0.25) is 0 Å². The molecule has 0 saturated carbocycles. The number of methoxy groups -OCH3 is 1. The van der Waals surface area contributed by atoms with E-state index in [0.717, 1.165) is 29.3 Å². The zero-order valence-electron chi connectivity index (χ0n) is 18.8. The fourth-order valence-corrected chi connectivity index (χ4v) is 3.97. The molecule has 3 aliphatic rings. The molecule has 3 heterocycles. The second-order valence-corrected chi connectivity index (χ2v) is 8.00. The Morgan fingerprint density at radius 2 is 2.18 bits per heavy atom. The molecule has 1 aliphatic carbocycles. The summed E-state index contributed by atoms with van der Waals surface area (Å²) in [5.74, 6) is 2.15. The third-order valence-electron chi connectivity index (χ3n) is 5.74. The van der Waals surface area contributed by atoms with Crippen molar-refractivity contribution in [3.8, 4) is 11.6 Å². The maximum absolute atomic E-state index is 12.4. The zero-order chi connectivity index (χ0) is 23.3. The molecule has 0 N–H and O–H groups in total. The quantitative estimate of drug-likeness (QED) is 0.525. The molecule has 9 nitrogen and oxygen atoms in total. The van der Waals surface area contributed by atoms with Crippen molar-refractivity contribution in [3.05, 3.63) is 72.5 Å². The van der Waals surface area contributed by atoms with E-state index in [1.165, 1.54) is 17.5 Å². The lowest BCUT2D eigenvalue weighted by molar-refractivity contribution is 0.115. The lowest BCUT2D eigenvalue weighted by Crippen LogP contribution is -2.27. The lowest BCUT2D eigenvalue weighted by atomic mass is 10.0. The van der Waals surface area contributed by atoms with E-state index in [0.29, 0.717) is 49.3 Å². The van der Waals surface area contributed by atoms with Gasteiger partial charge in [0.1, 0.15) is 24.4 Å². The minimum absolute atomic E-state index is 0.269. The summed E-state index contributed by atoms with van der Waals surface area (Å²) in [5.41, 5.74) is 1.81. The van der Waals surface area contributed by atoms with Gasteiger partial charge >= 0.3 is 6.09 Å². The predicted octanol–water partition coefficient (Wildman–Crippen LogP) is 4.58. The standard InChI is InChI=1S/C25H25N3O6/c1-30-18-9-10-21-20(12-18)24(27-16-26-21)32-11-5-8-19-13-28(25(29)33-19)23-15-31-14-22(34-23)17-6-3-2-4-7-17/h2-3,6,9-10,12,14-16,19H,4-5,7-8,11,13H2,1H3/t19-/m1/s1. The largest absolute Gasteiger partial charge is 0.497 e. The highest BCUT2D eigenvalue weighted by molar-refractivity contribution is 5.84. The van der Waals surface area contributed by atoms with Crippen molar-refractivity contribution >= 4 is 17.0 Å². The minimum Gasteiger partial charge on any atom is -0.497 e. The maximum atomic E-state index is 12.4. The molecule has 0 radical (unpaired) electrons. The third kappa shape index (κ3) is 4.68. The molecular weight excluding hydrogens is 438 g/mol. The van der Waals surface area contributed by atoms with Crippen LogP contribution in [0.3, 0.4) is 0 Å². The number of hydrogen-bond acceptors (Lipinski definition) is 8. The first-order chi connectivity index (χ1) is 16.7. The van der Waals surface area contributed by atoms with Gasteiger partial charge in [0.15, 0.2) is 12.0 Å². The topological polar surface area (TPSA) is 92.2 Å². The second-order valence-electron chi connectivity index (χ2n) is 8.00. The van der Waals surface area contributed by atoms with Gasteiger partial charge in [0.05, 0.1) is 31.2 Å². The van der Waals surface area contributed by atoms with E-state index < -0.39 is 6.09 Å². The molecule has 0 spiro atoms. The zero-order valence-corrected chi connectivity index (χ0v) is 18.8. The van der Waals surface area contributed by atoms with E-state index >= 15 is 0 Å². The van der Waals surface area contributed by atoms with Crippen LogP contribution in [0, 0.1) is 0 Å². The van der Waals surface area contributed by atoms with Gasteiger partial charge in [-0.2, -0.15) is 0 Å². The third-order valence-corrected chi connectivity index (χ3v) is 5.74. The Balaban J connectivity index is 1.13. The van der Waals surface area contributed by atoms with Gasteiger partial charge in [-0.25, -0.2) is 19.7 Å². The Morgan fingerprint density at radius 1 is 1.24 bits per heavy atom. The first kappa shape index (κ1) is 21.8. The monoisotopic (exact) mass is 463 g/mol. The van der Waals surface area contributed by atoms with Crippen LogP contribution in [0.15, 0.2) is 72.5 Å². The van der Waals surface area contributed by atoms with E-state index in [-0.39, 0.29) is 6.10 Å². The first-order valence-corrected chi connectivity index (χ1v) is 11.2. The summed E-state index contributed by atoms with van der Waals surface area (Å²) in [6.07, 6.45) is 12.9. The molecule has 0 bridgehead atoms. The smallest absolute Gasteiger partial charge is 0.417 e. The summed E-state index contributed by atoms with van der Waals surface area (Å²) < 4.78 is 28.1. The summed E-state index contributed by atoms with van der Waals surface area (Å²) in [4.78, 5) is 22.4. The summed E-state index contributed by atoms with van der Waals surface area (Å²) in [6, 6.07) is 5.56. The summed E-state index contributed by atoms with van der Waals surface area (Å²) in [5, 5.41) is 0.786. The van der Waals surface area contributed by atoms with E-state index in [9.17, 15) is 4.79 Å². The highest BCUT2D eigenvalue weighted by atomic mass is 16.6. The molecule has 1 aromatic heterocycles. The number of fused-ring (bicyclic) bond motifs is 1. The molecule has 176 valence electrons. The van der Waals surface area contributed by atoms with Gasteiger partial charge in [-0.1, -0.05) is 18.2 Å². The van der Waals surface area contributed by atoms with E-state index in [1.54, 1.807) is 13.4 Å². The van der Waals surface area contributed by atoms with Crippen molar-refractivity contribution in [2.24, 2.45) is 0 Å². The van der Waals surface area contributed by atoms with Gasteiger partial charge in [-0.3, -0.25) is 0 Å². The van der Waals surface area contributed by atoms with Gasteiger partial charge in [0.25, 0.3) is 0 Å². The highest BCUT2D eigenvalue weighted by Crippen LogP contribution is 2.30. The van der Waals surface area contributed by atoms with Crippen molar-refractivity contribution in [2.45, 2.75) is 31.8 Å². The van der Waals surface area contributed by atoms with Gasteiger partial charge in [0, 0.05) is 0 Å². The SMILES string of the molecule is COc1ccc2ncnc(OCCC[C@@H]3CN(C4=COC=C(C5=CC=CCC5)O4)C(=O)O3)c2c1. The molecular formula is C25H25N3O6. The summed E-state index contributed by atoms with van der Waals surface area (Å²) in [7, 11) is 1.61. The number of hydrogen-bond donors (Lipinski definition) is 0. The predicted molar refractivity (Wildman–Crippen MR) is 123 cm³/mol. The molecule has 5 rings (SSSR count). The number of rotatable bonds is 8. The van der Waals surface area contributed by atoms with Gasteiger partial charge in [-0.15, -0.1) is 0 Å². The van der Waals surface area contributed by atoms with E-state index in [4.69, 9.17) is 23.7 Å². The number of allylic oxidation sites excluding steroid dienone is 4. The van der Waals surface area contributed by atoms with Crippen molar-refractivity contribution in [2.75, 3.05) is 20.3 Å². The van der Waals surface area contributed by atoms with Gasteiger partial charge in [-0.05, 0) is 49.5 Å². The fourth-order valence-electron chi connectivity index (χ4n) is 3.97. The molecule has 1 atom stereocenters. The Kier molecular flexibility index (Phi) is 6.33. The van der Waals surface area contributed by atoms with Crippen molar-refractivity contribution in [1.82, 2.24) is 14.9 Å². The molecule has 1 saturated heterocycles. The number of cyclic esters (lactones) is 1. The fraction of sp³-hybridized carbons (Fsp3) is 0.320. The molecule has 34 heavy (non-hydrogen) atoms. The number of ether oxygens (including phenoxy) is 5.